The Kier molecular flexibility index (Phi) is 5.86. The number of nitrogens with zero attached hydrogens (tertiary/aromatic N) is 1. The van der Waals surface area contributed by atoms with Crippen LogP contribution in [-0.4, -0.2) is 30.6 Å². The fraction of sp³-hybridized carbons (Fsp3) is 0.625. The summed E-state index contributed by atoms with van der Waals surface area (Å²) in [6.07, 6.45) is 3.91. The molecule has 1 N–H and O–H groups in total. The molecule has 0 bridgehead atoms. The number of nitrogens with one attached hydrogen (secondary N) is 1. The summed E-state index contributed by atoms with van der Waals surface area (Å²) in [6, 6.07) is 9.79. The fourth-order valence-corrected chi connectivity index (χ4v) is 3.55. The van der Waals surface area contributed by atoms with Crippen molar-refractivity contribution in [2.45, 2.75) is 45.2 Å². The van der Waals surface area contributed by atoms with Gasteiger partial charge in [0.05, 0.1) is 0 Å². The second-order valence-corrected chi connectivity index (χ2v) is 6.30. The average Bonchev–Trinajstić information content (AvgIpc) is 2.81. The van der Waals surface area contributed by atoms with E-state index in [9.17, 15) is 0 Å². The summed E-state index contributed by atoms with van der Waals surface area (Å²) >= 11 is 3.68. The Morgan fingerprint density at radius 1 is 1.42 bits per heavy atom. The number of benzene rings is 1. The monoisotopic (exact) mass is 324 g/mol. The molecular weight excluding hydrogens is 300 g/mol. The number of likely N-dealkylation sites (tertiary alicyclic amines) is 1. The lowest BCUT2D eigenvalue weighted by molar-refractivity contribution is 0.252. The van der Waals surface area contributed by atoms with Gasteiger partial charge in [-0.1, -0.05) is 41.1 Å². The molecule has 106 valence electrons. The molecule has 1 heterocycles. The molecule has 1 saturated heterocycles. The van der Waals surface area contributed by atoms with Crippen LogP contribution in [0.5, 0.6) is 0 Å². The molecule has 19 heavy (non-hydrogen) atoms. The van der Waals surface area contributed by atoms with E-state index in [1.807, 2.05) is 0 Å². The van der Waals surface area contributed by atoms with E-state index in [1.54, 1.807) is 0 Å². The number of rotatable bonds is 6. The van der Waals surface area contributed by atoms with E-state index in [-0.39, 0.29) is 0 Å². The van der Waals surface area contributed by atoms with Crippen LogP contribution in [0.1, 0.15) is 44.7 Å². The number of halogens is 1. The third-order valence-corrected chi connectivity index (χ3v) is 4.85. The third-order valence-electron chi connectivity index (χ3n) is 4.13. The molecule has 1 fully saturated rings. The molecule has 0 saturated carbocycles. The van der Waals surface area contributed by atoms with Crippen LogP contribution in [0.3, 0.4) is 0 Å². The fourth-order valence-electron chi connectivity index (χ4n) is 2.99. The highest BCUT2D eigenvalue weighted by Gasteiger charge is 2.21. The van der Waals surface area contributed by atoms with Crippen molar-refractivity contribution in [3.63, 3.8) is 0 Å². The van der Waals surface area contributed by atoms with Crippen molar-refractivity contribution in [2.75, 3.05) is 19.6 Å². The van der Waals surface area contributed by atoms with Gasteiger partial charge in [-0.15, -0.1) is 0 Å². The summed E-state index contributed by atoms with van der Waals surface area (Å²) in [5.41, 5.74) is 1.39. The molecule has 0 amide bonds. The Labute approximate surface area is 125 Å². The Bertz CT molecular complexity index is 394. The van der Waals surface area contributed by atoms with Gasteiger partial charge < -0.3 is 10.2 Å². The van der Waals surface area contributed by atoms with Crippen LogP contribution in [-0.2, 0) is 0 Å². The highest BCUT2D eigenvalue weighted by Crippen LogP contribution is 2.27. The standard InChI is InChI=1S/C16H25BrN2/c1-3-18-16(14-8-4-5-9-15(14)17)10-12-19-11-6-7-13(19)2/h4-5,8-9,13,16,18H,3,6-7,10-12H2,1-2H3. The van der Waals surface area contributed by atoms with Gasteiger partial charge in [-0.2, -0.15) is 0 Å². The quantitative estimate of drug-likeness (QED) is 0.851. The van der Waals surface area contributed by atoms with Crippen molar-refractivity contribution in [2.24, 2.45) is 0 Å². The van der Waals surface area contributed by atoms with Crippen LogP contribution >= 0.6 is 15.9 Å². The van der Waals surface area contributed by atoms with Gasteiger partial charge in [0, 0.05) is 23.1 Å². The normalized spacial score (nSPS) is 21.7. The minimum atomic E-state index is 0.452. The van der Waals surface area contributed by atoms with Gasteiger partial charge >= 0.3 is 0 Å². The molecule has 1 aliphatic heterocycles. The molecule has 2 rings (SSSR count). The van der Waals surface area contributed by atoms with Crippen molar-refractivity contribution < 1.29 is 0 Å². The maximum atomic E-state index is 3.68. The zero-order valence-electron chi connectivity index (χ0n) is 12.0. The van der Waals surface area contributed by atoms with Crippen molar-refractivity contribution in [1.82, 2.24) is 10.2 Å². The first-order chi connectivity index (χ1) is 9.22. The first kappa shape index (κ1) is 15.0. The topological polar surface area (TPSA) is 15.3 Å². The van der Waals surface area contributed by atoms with E-state index >= 15 is 0 Å². The van der Waals surface area contributed by atoms with Crippen LogP contribution in [0.2, 0.25) is 0 Å². The SMILES string of the molecule is CCNC(CCN1CCCC1C)c1ccccc1Br. The van der Waals surface area contributed by atoms with Gasteiger partial charge in [0.1, 0.15) is 0 Å². The predicted octanol–water partition coefficient (Wildman–Crippen LogP) is 3.97. The van der Waals surface area contributed by atoms with E-state index in [4.69, 9.17) is 0 Å². The summed E-state index contributed by atoms with van der Waals surface area (Å²) in [5, 5.41) is 3.62. The second kappa shape index (κ2) is 7.41. The van der Waals surface area contributed by atoms with E-state index in [0.29, 0.717) is 6.04 Å². The Hall–Kier alpha value is -0.380. The summed E-state index contributed by atoms with van der Waals surface area (Å²) in [5.74, 6) is 0. The predicted molar refractivity (Wildman–Crippen MR) is 85.4 cm³/mol. The molecule has 0 aromatic heterocycles. The van der Waals surface area contributed by atoms with Gasteiger partial charge in [0.25, 0.3) is 0 Å². The van der Waals surface area contributed by atoms with Crippen molar-refractivity contribution >= 4 is 15.9 Å². The molecule has 2 atom stereocenters. The lowest BCUT2D eigenvalue weighted by atomic mass is 10.0. The molecule has 2 nitrogen and oxygen atoms in total. The van der Waals surface area contributed by atoms with Gasteiger partial charge in [-0.25, -0.2) is 0 Å². The highest BCUT2D eigenvalue weighted by molar-refractivity contribution is 9.10. The van der Waals surface area contributed by atoms with Gasteiger partial charge in [-0.05, 0) is 50.9 Å². The lowest BCUT2D eigenvalue weighted by Crippen LogP contribution is -2.31. The molecular formula is C16H25BrN2. The maximum Gasteiger partial charge on any atom is 0.0343 e. The summed E-state index contributed by atoms with van der Waals surface area (Å²) < 4.78 is 1.22. The van der Waals surface area contributed by atoms with Crippen molar-refractivity contribution in [3.8, 4) is 0 Å². The largest absolute Gasteiger partial charge is 0.310 e. The van der Waals surface area contributed by atoms with Crippen LogP contribution in [0.25, 0.3) is 0 Å². The van der Waals surface area contributed by atoms with Crippen LogP contribution < -0.4 is 5.32 Å². The first-order valence-corrected chi connectivity index (χ1v) is 8.23. The smallest absolute Gasteiger partial charge is 0.0343 e. The summed E-state index contributed by atoms with van der Waals surface area (Å²) in [4.78, 5) is 2.63. The van der Waals surface area contributed by atoms with Crippen molar-refractivity contribution in [3.05, 3.63) is 34.3 Å². The Morgan fingerprint density at radius 3 is 2.84 bits per heavy atom. The van der Waals surface area contributed by atoms with Crippen LogP contribution in [0.15, 0.2) is 28.7 Å². The highest BCUT2D eigenvalue weighted by atomic mass is 79.9. The molecule has 2 unspecified atom stereocenters. The Morgan fingerprint density at radius 2 is 2.21 bits per heavy atom. The van der Waals surface area contributed by atoms with Gasteiger partial charge in [0.2, 0.25) is 0 Å². The van der Waals surface area contributed by atoms with E-state index in [2.05, 4.69) is 64.3 Å². The second-order valence-electron chi connectivity index (χ2n) is 5.45. The first-order valence-electron chi connectivity index (χ1n) is 7.44. The van der Waals surface area contributed by atoms with Gasteiger partial charge in [0.15, 0.2) is 0 Å². The average molecular weight is 325 g/mol. The summed E-state index contributed by atoms with van der Waals surface area (Å²) in [6.45, 7) is 8.02. The third kappa shape index (κ3) is 4.04. The maximum absolute atomic E-state index is 3.68. The van der Waals surface area contributed by atoms with Crippen LogP contribution in [0.4, 0.5) is 0 Å². The Balaban J connectivity index is 1.98. The zero-order valence-corrected chi connectivity index (χ0v) is 13.6. The molecule has 1 aromatic carbocycles. The molecule has 0 spiro atoms. The minimum absolute atomic E-state index is 0.452. The number of hydrogen-bond donors (Lipinski definition) is 1. The molecule has 0 radical (unpaired) electrons. The summed E-state index contributed by atoms with van der Waals surface area (Å²) in [7, 11) is 0. The van der Waals surface area contributed by atoms with Crippen molar-refractivity contribution in [1.29, 1.82) is 0 Å². The van der Waals surface area contributed by atoms with E-state index in [1.165, 1.54) is 42.4 Å². The number of hydrogen-bond acceptors (Lipinski definition) is 2. The molecule has 3 heteroatoms. The van der Waals surface area contributed by atoms with E-state index in [0.717, 1.165) is 12.6 Å². The molecule has 1 aromatic rings. The zero-order chi connectivity index (χ0) is 13.7. The van der Waals surface area contributed by atoms with E-state index < -0.39 is 0 Å². The lowest BCUT2D eigenvalue weighted by Gasteiger charge is -2.25. The minimum Gasteiger partial charge on any atom is -0.310 e. The van der Waals surface area contributed by atoms with Gasteiger partial charge in [-0.3, -0.25) is 0 Å². The van der Waals surface area contributed by atoms with Crippen LogP contribution in [0, 0.1) is 0 Å². The molecule has 1 aliphatic rings. The molecule has 0 aliphatic carbocycles.